The maximum Gasteiger partial charge on any atom is 0.272 e. The average molecular weight is 358 g/mol. The SMILES string of the molecule is CCOC(CCCc1c(F)c(F)c(F)c(F)c1F)(O[SiH3])OCC. The van der Waals surface area contributed by atoms with Gasteiger partial charge in [-0.25, -0.2) is 22.0 Å². The molecule has 0 saturated heterocycles. The van der Waals surface area contributed by atoms with Crippen molar-refractivity contribution in [2.24, 2.45) is 0 Å². The van der Waals surface area contributed by atoms with Gasteiger partial charge in [0, 0.05) is 25.2 Å². The van der Waals surface area contributed by atoms with Crippen LogP contribution in [0.4, 0.5) is 22.0 Å². The van der Waals surface area contributed by atoms with E-state index >= 15 is 0 Å². The van der Waals surface area contributed by atoms with Gasteiger partial charge in [-0.1, -0.05) is 0 Å². The van der Waals surface area contributed by atoms with Crippen molar-refractivity contribution >= 4 is 10.5 Å². The van der Waals surface area contributed by atoms with Crippen LogP contribution in [0.3, 0.4) is 0 Å². The summed E-state index contributed by atoms with van der Waals surface area (Å²) in [6.07, 6.45) is -0.211. The number of rotatable bonds is 9. The van der Waals surface area contributed by atoms with Gasteiger partial charge in [-0.2, -0.15) is 0 Å². The molecule has 0 heterocycles. The van der Waals surface area contributed by atoms with Crippen LogP contribution in [0.5, 0.6) is 0 Å². The van der Waals surface area contributed by atoms with Gasteiger partial charge in [0.1, 0.15) is 0 Å². The monoisotopic (exact) mass is 358 g/mol. The molecule has 0 saturated carbocycles. The molecule has 0 fully saturated rings. The predicted octanol–water partition coefficient (Wildman–Crippen LogP) is 2.73. The lowest BCUT2D eigenvalue weighted by Gasteiger charge is -2.32. The van der Waals surface area contributed by atoms with Crippen molar-refractivity contribution in [3.05, 3.63) is 34.6 Å². The molecule has 0 aromatic heterocycles. The zero-order valence-corrected chi connectivity index (χ0v) is 15.2. The van der Waals surface area contributed by atoms with Crippen LogP contribution in [-0.2, 0) is 20.3 Å². The highest BCUT2D eigenvalue weighted by Crippen LogP contribution is 2.27. The summed E-state index contributed by atoms with van der Waals surface area (Å²) in [6, 6.07) is 0. The topological polar surface area (TPSA) is 27.7 Å². The minimum atomic E-state index is -2.16. The summed E-state index contributed by atoms with van der Waals surface area (Å²) in [4.78, 5) is 0. The fraction of sp³-hybridized carbons (Fsp3) is 0.571. The highest BCUT2D eigenvalue weighted by atomic mass is 28.2. The molecule has 0 bridgehead atoms. The molecule has 0 N–H and O–H groups in total. The van der Waals surface area contributed by atoms with Crippen LogP contribution >= 0.6 is 0 Å². The van der Waals surface area contributed by atoms with Gasteiger partial charge in [0.25, 0.3) is 5.97 Å². The van der Waals surface area contributed by atoms with E-state index in [9.17, 15) is 22.0 Å². The van der Waals surface area contributed by atoms with Gasteiger partial charge in [-0.05, 0) is 26.7 Å². The van der Waals surface area contributed by atoms with Gasteiger partial charge in [0.15, 0.2) is 33.8 Å². The van der Waals surface area contributed by atoms with Crippen molar-refractivity contribution in [3.63, 3.8) is 0 Å². The maximum absolute atomic E-state index is 13.6. The Balaban J connectivity index is 2.90. The normalized spacial score (nSPS) is 12.1. The molecular weight excluding hydrogens is 339 g/mol. The summed E-state index contributed by atoms with van der Waals surface area (Å²) in [5.74, 6) is -11.0. The zero-order valence-electron chi connectivity index (χ0n) is 13.2. The van der Waals surface area contributed by atoms with Crippen molar-refractivity contribution in [1.82, 2.24) is 0 Å². The summed E-state index contributed by atoms with van der Waals surface area (Å²) in [5.41, 5.74) is -0.850. The summed E-state index contributed by atoms with van der Waals surface area (Å²) in [6.45, 7) is 4.01. The van der Waals surface area contributed by atoms with E-state index in [1.54, 1.807) is 13.8 Å². The third kappa shape index (κ3) is 4.49. The van der Waals surface area contributed by atoms with Crippen molar-refractivity contribution < 1.29 is 35.9 Å². The second-order valence-corrected chi connectivity index (χ2v) is 5.06. The van der Waals surface area contributed by atoms with Crippen molar-refractivity contribution in [1.29, 1.82) is 0 Å². The summed E-state index contributed by atoms with van der Waals surface area (Å²) < 4.78 is 82.5. The van der Waals surface area contributed by atoms with Crippen molar-refractivity contribution in [2.75, 3.05) is 13.2 Å². The predicted molar refractivity (Wildman–Crippen MR) is 76.2 cm³/mol. The maximum atomic E-state index is 13.6. The third-order valence-corrected chi connectivity index (χ3v) is 3.87. The van der Waals surface area contributed by atoms with E-state index in [0.29, 0.717) is 0 Å². The second kappa shape index (κ2) is 8.72. The van der Waals surface area contributed by atoms with Gasteiger partial charge >= 0.3 is 0 Å². The van der Waals surface area contributed by atoms with Crippen LogP contribution in [0.1, 0.15) is 32.3 Å². The fourth-order valence-electron chi connectivity index (χ4n) is 2.20. The lowest BCUT2D eigenvalue weighted by atomic mass is 10.0. The highest BCUT2D eigenvalue weighted by molar-refractivity contribution is 5.98. The Morgan fingerprint density at radius 1 is 0.826 bits per heavy atom. The Morgan fingerprint density at radius 3 is 1.65 bits per heavy atom. The molecule has 1 aromatic carbocycles. The molecule has 0 aliphatic carbocycles. The average Bonchev–Trinajstić information content (AvgIpc) is 2.54. The Bertz CT molecular complexity index is 507. The van der Waals surface area contributed by atoms with Crippen LogP contribution < -0.4 is 0 Å². The smallest absolute Gasteiger partial charge is 0.272 e. The van der Waals surface area contributed by atoms with E-state index in [4.69, 9.17) is 13.9 Å². The summed E-state index contributed by atoms with van der Waals surface area (Å²) in [7, 11) is 0.286. The molecule has 1 rings (SSSR count). The molecule has 0 amide bonds. The van der Waals surface area contributed by atoms with Crippen LogP contribution in [0.15, 0.2) is 0 Å². The molecule has 1 aromatic rings. The van der Waals surface area contributed by atoms with Gasteiger partial charge in [-0.3, -0.25) is 0 Å². The number of hydrogen-bond acceptors (Lipinski definition) is 3. The Hall–Kier alpha value is -1.03. The van der Waals surface area contributed by atoms with E-state index in [0.717, 1.165) is 0 Å². The Kier molecular flexibility index (Phi) is 7.58. The molecule has 0 unspecified atom stereocenters. The van der Waals surface area contributed by atoms with Crippen LogP contribution in [0.25, 0.3) is 0 Å². The van der Waals surface area contributed by atoms with E-state index in [-0.39, 0.29) is 43.0 Å². The first-order valence-corrected chi connectivity index (χ1v) is 7.98. The fourth-order valence-corrected chi connectivity index (χ4v) is 2.64. The number of hydrogen-bond donors (Lipinski definition) is 0. The third-order valence-electron chi connectivity index (χ3n) is 3.25. The molecule has 0 aliphatic rings. The Labute approximate surface area is 134 Å². The minimum Gasteiger partial charge on any atom is -0.380 e. The zero-order chi connectivity index (χ0) is 17.6. The van der Waals surface area contributed by atoms with Gasteiger partial charge in [-0.15, -0.1) is 0 Å². The second-order valence-electron chi connectivity index (χ2n) is 4.66. The van der Waals surface area contributed by atoms with E-state index in [2.05, 4.69) is 0 Å². The highest BCUT2D eigenvalue weighted by Gasteiger charge is 2.31. The largest absolute Gasteiger partial charge is 0.380 e. The lowest BCUT2D eigenvalue weighted by Crippen LogP contribution is -2.39. The molecule has 0 aliphatic heterocycles. The quantitative estimate of drug-likeness (QED) is 0.223. The van der Waals surface area contributed by atoms with E-state index in [1.165, 1.54) is 0 Å². The van der Waals surface area contributed by atoms with Crippen molar-refractivity contribution in [2.45, 2.75) is 39.1 Å². The number of ether oxygens (including phenoxy) is 2. The van der Waals surface area contributed by atoms with Gasteiger partial charge in [0.05, 0.1) is 0 Å². The first kappa shape index (κ1) is 20.0. The molecule has 0 spiro atoms. The molecule has 9 heteroatoms. The van der Waals surface area contributed by atoms with Gasteiger partial charge in [0.2, 0.25) is 5.82 Å². The molecule has 23 heavy (non-hydrogen) atoms. The number of halogens is 5. The molecule has 132 valence electrons. The van der Waals surface area contributed by atoms with Crippen LogP contribution in [-0.4, -0.2) is 29.7 Å². The number of benzene rings is 1. The van der Waals surface area contributed by atoms with Crippen LogP contribution in [0.2, 0.25) is 0 Å². The van der Waals surface area contributed by atoms with Crippen LogP contribution in [0, 0.1) is 29.1 Å². The van der Waals surface area contributed by atoms with E-state index in [1.807, 2.05) is 0 Å². The standard InChI is InChI=1S/C14H19F5O3Si/c1-3-20-14(22-23,21-4-2)7-5-6-8-9(15)11(17)13(19)12(18)10(8)16/h3-7H2,1-2,23H3. The molecule has 0 atom stereocenters. The lowest BCUT2D eigenvalue weighted by molar-refractivity contribution is -0.343. The Morgan fingerprint density at radius 2 is 1.26 bits per heavy atom. The minimum absolute atomic E-state index is 0.0561. The van der Waals surface area contributed by atoms with Gasteiger partial charge < -0.3 is 13.9 Å². The molecular formula is C14H19F5O3Si. The van der Waals surface area contributed by atoms with Crippen molar-refractivity contribution in [3.8, 4) is 0 Å². The summed E-state index contributed by atoms with van der Waals surface area (Å²) >= 11 is 0. The first-order valence-electron chi connectivity index (χ1n) is 7.16. The molecule has 3 nitrogen and oxygen atoms in total. The first-order chi connectivity index (χ1) is 10.8. The van der Waals surface area contributed by atoms with E-state index < -0.39 is 40.6 Å². The summed E-state index contributed by atoms with van der Waals surface area (Å²) in [5, 5.41) is 0. The molecule has 0 radical (unpaired) electrons.